The van der Waals surface area contributed by atoms with E-state index in [1.807, 2.05) is 0 Å². The summed E-state index contributed by atoms with van der Waals surface area (Å²) in [5, 5.41) is 10.00. The summed E-state index contributed by atoms with van der Waals surface area (Å²) >= 11 is 0. The minimum Gasteiger partial charge on any atom is -0.370 e. The predicted octanol–water partition coefficient (Wildman–Crippen LogP) is 2.33. The van der Waals surface area contributed by atoms with Crippen molar-refractivity contribution in [2.75, 3.05) is 19.6 Å². The van der Waals surface area contributed by atoms with Gasteiger partial charge in [-0.15, -0.1) is 0 Å². The van der Waals surface area contributed by atoms with Crippen molar-refractivity contribution in [2.24, 2.45) is 5.73 Å². The zero-order valence-corrected chi connectivity index (χ0v) is 11.6. The van der Waals surface area contributed by atoms with Gasteiger partial charge in [-0.1, -0.05) is 12.1 Å². The standard InChI is InChI=1S/C14H19F3N4/c15-14(16,17)11-5-3-10(4-6-11)12(9-20-13(18)19)21-7-1-2-8-21/h3-6,12H,1-2,7-9H2,(H4,18,19,20). The molecule has 1 aliphatic heterocycles. The van der Waals surface area contributed by atoms with E-state index in [9.17, 15) is 13.2 Å². The number of likely N-dealkylation sites (tertiary alicyclic amines) is 1. The van der Waals surface area contributed by atoms with Gasteiger partial charge in [0.25, 0.3) is 0 Å². The van der Waals surface area contributed by atoms with Crippen molar-refractivity contribution in [2.45, 2.75) is 25.1 Å². The number of halogens is 3. The Morgan fingerprint density at radius 2 is 1.81 bits per heavy atom. The van der Waals surface area contributed by atoms with Crippen molar-refractivity contribution in [1.82, 2.24) is 10.2 Å². The number of guanidine groups is 1. The van der Waals surface area contributed by atoms with Crippen molar-refractivity contribution < 1.29 is 13.2 Å². The van der Waals surface area contributed by atoms with Crippen LogP contribution in [0.15, 0.2) is 24.3 Å². The molecule has 4 N–H and O–H groups in total. The molecule has 1 aliphatic rings. The number of nitrogens with zero attached hydrogens (tertiary/aromatic N) is 1. The Labute approximate surface area is 121 Å². The summed E-state index contributed by atoms with van der Waals surface area (Å²) in [5.74, 6) is -0.133. The number of rotatable bonds is 4. The third-order valence-electron chi connectivity index (χ3n) is 3.69. The molecule has 1 saturated heterocycles. The summed E-state index contributed by atoms with van der Waals surface area (Å²) in [7, 11) is 0. The minimum atomic E-state index is -4.32. The van der Waals surface area contributed by atoms with Crippen molar-refractivity contribution in [3.05, 3.63) is 35.4 Å². The molecule has 1 fully saturated rings. The second-order valence-corrected chi connectivity index (χ2v) is 5.17. The van der Waals surface area contributed by atoms with E-state index < -0.39 is 11.7 Å². The number of nitrogens with two attached hydrogens (primary N) is 1. The summed E-state index contributed by atoms with van der Waals surface area (Å²) in [6.07, 6.45) is -2.16. The fraction of sp³-hybridized carbons (Fsp3) is 0.500. The topological polar surface area (TPSA) is 65.1 Å². The van der Waals surface area contributed by atoms with Crippen molar-refractivity contribution >= 4 is 5.96 Å². The lowest BCUT2D eigenvalue weighted by molar-refractivity contribution is -0.137. The highest BCUT2D eigenvalue weighted by molar-refractivity contribution is 5.74. The monoisotopic (exact) mass is 300 g/mol. The van der Waals surface area contributed by atoms with E-state index in [-0.39, 0.29) is 12.0 Å². The quantitative estimate of drug-likeness (QED) is 0.590. The minimum absolute atomic E-state index is 0.0707. The maximum Gasteiger partial charge on any atom is 0.416 e. The van der Waals surface area contributed by atoms with Crippen LogP contribution in [0.2, 0.25) is 0 Å². The predicted molar refractivity (Wildman–Crippen MR) is 74.9 cm³/mol. The van der Waals surface area contributed by atoms with Gasteiger partial charge in [-0.05, 0) is 43.6 Å². The molecule has 21 heavy (non-hydrogen) atoms. The molecule has 1 unspecified atom stereocenters. The average Bonchev–Trinajstić information content (AvgIpc) is 2.92. The molecule has 1 atom stereocenters. The zero-order valence-electron chi connectivity index (χ0n) is 11.6. The van der Waals surface area contributed by atoms with Crippen LogP contribution in [0.5, 0.6) is 0 Å². The summed E-state index contributed by atoms with van der Waals surface area (Å²) in [6.45, 7) is 2.23. The molecule has 1 aromatic rings. The van der Waals surface area contributed by atoms with E-state index in [1.165, 1.54) is 12.1 Å². The molecule has 0 aromatic heterocycles. The van der Waals surface area contributed by atoms with Crippen LogP contribution in [0.4, 0.5) is 13.2 Å². The number of hydrogen-bond donors (Lipinski definition) is 3. The Balaban J connectivity index is 2.17. The van der Waals surface area contributed by atoms with Gasteiger partial charge in [-0.3, -0.25) is 10.3 Å². The Hall–Kier alpha value is -1.76. The fourth-order valence-electron chi connectivity index (χ4n) is 2.61. The fourth-order valence-corrected chi connectivity index (χ4v) is 2.61. The van der Waals surface area contributed by atoms with Crippen LogP contribution < -0.4 is 11.1 Å². The molecular weight excluding hydrogens is 281 g/mol. The van der Waals surface area contributed by atoms with Gasteiger partial charge >= 0.3 is 6.18 Å². The van der Waals surface area contributed by atoms with Crippen LogP contribution in [0.3, 0.4) is 0 Å². The zero-order chi connectivity index (χ0) is 15.5. The largest absolute Gasteiger partial charge is 0.416 e. The van der Waals surface area contributed by atoms with Crippen LogP contribution in [-0.2, 0) is 6.18 Å². The Kier molecular flexibility index (Phi) is 4.72. The van der Waals surface area contributed by atoms with E-state index in [4.69, 9.17) is 11.1 Å². The SMILES string of the molecule is N=C(N)NCC(c1ccc(C(F)(F)F)cc1)N1CCCC1. The van der Waals surface area contributed by atoms with Crippen LogP contribution in [-0.4, -0.2) is 30.5 Å². The van der Waals surface area contributed by atoms with Crippen LogP contribution >= 0.6 is 0 Å². The molecule has 1 heterocycles. The van der Waals surface area contributed by atoms with Crippen molar-refractivity contribution in [1.29, 1.82) is 5.41 Å². The molecule has 4 nitrogen and oxygen atoms in total. The van der Waals surface area contributed by atoms with Gasteiger partial charge in [0.2, 0.25) is 0 Å². The average molecular weight is 300 g/mol. The maximum absolute atomic E-state index is 12.6. The molecule has 0 spiro atoms. The highest BCUT2D eigenvalue weighted by Gasteiger charge is 2.31. The lowest BCUT2D eigenvalue weighted by atomic mass is 10.0. The van der Waals surface area contributed by atoms with Gasteiger partial charge < -0.3 is 11.1 Å². The lowest BCUT2D eigenvalue weighted by Gasteiger charge is -2.28. The molecular formula is C14H19F3N4. The lowest BCUT2D eigenvalue weighted by Crippen LogP contribution is -2.39. The van der Waals surface area contributed by atoms with Gasteiger partial charge in [0.15, 0.2) is 5.96 Å². The van der Waals surface area contributed by atoms with E-state index in [1.54, 1.807) is 0 Å². The Bertz CT molecular complexity index is 478. The second kappa shape index (κ2) is 6.34. The third-order valence-corrected chi connectivity index (χ3v) is 3.69. The Morgan fingerprint density at radius 3 is 2.29 bits per heavy atom. The number of hydrogen-bond acceptors (Lipinski definition) is 2. The highest BCUT2D eigenvalue weighted by atomic mass is 19.4. The van der Waals surface area contributed by atoms with Crippen molar-refractivity contribution in [3.8, 4) is 0 Å². The molecule has 0 amide bonds. The Morgan fingerprint density at radius 1 is 1.24 bits per heavy atom. The van der Waals surface area contributed by atoms with Crippen LogP contribution in [0, 0.1) is 5.41 Å². The first-order valence-corrected chi connectivity index (χ1v) is 6.87. The molecule has 7 heteroatoms. The molecule has 1 aromatic carbocycles. The van der Waals surface area contributed by atoms with E-state index in [0.29, 0.717) is 6.54 Å². The number of alkyl halides is 3. The molecule has 116 valence electrons. The molecule has 0 aliphatic carbocycles. The van der Waals surface area contributed by atoms with E-state index in [2.05, 4.69) is 10.2 Å². The van der Waals surface area contributed by atoms with Gasteiger partial charge in [0.05, 0.1) is 11.6 Å². The first-order chi connectivity index (χ1) is 9.88. The third kappa shape index (κ3) is 4.10. The summed E-state index contributed by atoms with van der Waals surface area (Å²) in [5.41, 5.74) is 5.46. The number of benzene rings is 1. The first kappa shape index (κ1) is 15.6. The molecule has 0 saturated carbocycles. The normalized spacial score (nSPS) is 17.7. The summed E-state index contributed by atoms with van der Waals surface area (Å²) < 4.78 is 37.8. The van der Waals surface area contributed by atoms with Gasteiger partial charge in [-0.25, -0.2) is 0 Å². The highest BCUT2D eigenvalue weighted by Crippen LogP contribution is 2.31. The van der Waals surface area contributed by atoms with Crippen LogP contribution in [0.1, 0.15) is 30.0 Å². The van der Waals surface area contributed by atoms with Gasteiger partial charge in [0, 0.05) is 6.54 Å². The van der Waals surface area contributed by atoms with Crippen molar-refractivity contribution in [3.63, 3.8) is 0 Å². The van der Waals surface area contributed by atoms with E-state index in [0.717, 1.165) is 43.6 Å². The molecule has 0 bridgehead atoms. The van der Waals surface area contributed by atoms with Crippen LogP contribution in [0.25, 0.3) is 0 Å². The molecule has 0 radical (unpaired) electrons. The summed E-state index contributed by atoms with van der Waals surface area (Å²) in [6, 6.07) is 5.15. The second-order valence-electron chi connectivity index (χ2n) is 5.17. The van der Waals surface area contributed by atoms with E-state index >= 15 is 0 Å². The summed E-state index contributed by atoms with van der Waals surface area (Å²) in [4.78, 5) is 2.21. The maximum atomic E-state index is 12.6. The van der Waals surface area contributed by atoms with Gasteiger partial charge in [0.1, 0.15) is 0 Å². The molecule has 2 rings (SSSR count). The smallest absolute Gasteiger partial charge is 0.370 e. The number of nitrogens with one attached hydrogen (secondary N) is 2. The first-order valence-electron chi connectivity index (χ1n) is 6.87. The van der Waals surface area contributed by atoms with Gasteiger partial charge in [-0.2, -0.15) is 13.2 Å².